The minimum Gasteiger partial charge on any atom is -0.299 e. The first-order valence-corrected chi connectivity index (χ1v) is 7.92. The van der Waals surface area contributed by atoms with E-state index < -0.39 is 33.0 Å². The molecule has 4 atom stereocenters. The third kappa shape index (κ3) is 1.77. The van der Waals surface area contributed by atoms with Crippen LogP contribution in [-0.2, 0) is 19.7 Å². The van der Waals surface area contributed by atoms with E-state index in [2.05, 4.69) is 0 Å². The highest BCUT2D eigenvalue weighted by atomic mass is 32.2. The van der Waals surface area contributed by atoms with Crippen LogP contribution in [0.1, 0.15) is 32.1 Å². The summed E-state index contributed by atoms with van der Waals surface area (Å²) in [6.07, 6.45) is 1.46. The van der Waals surface area contributed by atoms with E-state index >= 15 is 0 Å². The van der Waals surface area contributed by atoms with Gasteiger partial charge in [-0.05, 0) is 37.0 Å². The molecule has 8 heteroatoms. The molecule has 4 rings (SSSR count). The maximum Gasteiger partial charge on any atom is 0.426 e. The number of carbonyl (C=O) groups is 2. The van der Waals surface area contributed by atoms with Gasteiger partial charge in [-0.25, -0.2) is 0 Å². The Bertz CT molecular complexity index is 595. The third-order valence-electron chi connectivity index (χ3n) is 5.14. The van der Waals surface area contributed by atoms with Gasteiger partial charge in [-0.15, -0.1) is 0 Å². The van der Waals surface area contributed by atoms with Gasteiger partial charge in [0.1, 0.15) is 5.78 Å². The van der Waals surface area contributed by atoms with Crippen LogP contribution < -0.4 is 0 Å². The van der Waals surface area contributed by atoms with Crippen molar-refractivity contribution in [1.82, 2.24) is 0 Å². The van der Waals surface area contributed by atoms with Gasteiger partial charge in [0, 0.05) is 18.3 Å². The van der Waals surface area contributed by atoms with E-state index in [1.165, 1.54) is 0 Å². The van der Waals surface area contributed by atoms with Crippen LogP contribution in [0.15, 0.2) is 0 Å². The summed E-state index contributed by atoms with van der Waals surface area (Å²) >= 11 is 0. The van der Waals surface area contributed by atoms with E-state index in [9.17, 15) is 26.8 Å². The van der Waals surface area contributed by atoms with Crippen LogP contribution in [-0.4, -0.2) is 29.8 Å². The Labute approximate surface area is 114 Å². The first-order valence-electron chi connectivity index (χ1n) is 6.48. The summed E-state index contributed by atoms with van der Waals surface area (Å²) in [6, 6.07) is 0. The highest BCUT2D eigenvalue weighted by molar-refractivity contribution is 7.87. The largest absolute Gasteiger partial charge is 0.426 e. The number of Topliss-reactive ketones (excluding diaryl/α,β-unsaturated/α-hetero) is 2. The second-order valence-electron chi connectivity index (χ2n) is 6.41. The van der Waals surface area contributed by atoms with E-state index in [-0.39, 0.29) is 23.5 Å². The van der Waals surface area contributed by atoms with Gasteiger partial charge in [0.25, 0.3) is 0 Å². The number of ketones is 2. The molecule has 4 saturated carbocycles. The summed E-state index contributed by atoms with van der Waals surface area (Å²) in [6.45, 7) is 0. The highest BCUT2D eigenvalue weighted by Crippen LogP contribution is 2.64. The Morgan fingerprint density at radius 3 is 2.50 bits per heavy atom. The molecule has 4 fully saturated rings. The molecular weight excluding hydrogens is 294 g/mol. The number of hydrogen-bond acceptors (Lipinski definition) is 4. The van der Waals surface area contributed by atoms with Crippen molar-refractivity contribution in [1.29, 1.82) is 0 Å². The smallest absolute Gasteiger partial charge is 0.299 e. The second-order valence-corrected chi connectivity index (χ2v) is 7.87. The minimum absolute atomic E-state index is 0.147. The lowest BCUT2D eigenvalue weighted by atomic mass is 9.66. The van der Waals surface area contributed by atoms with Crippen molar-refractivity contribution in [3.63, 3.8) is 0 Å². The zero-order valence-electron chi connectivity index (χ0n) is 10.5. The lowest BCUT2D eigenvalue weighted by molar-refractivity contribution is -0.139. The number of hydrogen-bond donors (Lipinski definition) is 1. The average molecular weight is 308 g/mol. The van der Waals surface area contributed by atoms with E-state index in [4.69, 9.17) is 4.55 Å². The summed E-state index contributed by atoms with van der Waals surface area (Å²) in [5, 5.41) is -4.76. The lowest BCUT2D eigenvalue weighted by Crippen LogP contribution is -2.42. The van der Waals surface area contributed by atoms with Gasteiger partial charge < -0.3 is 0 Å². The standard InChI is InChI=1S/C12H14F2O5S/c13-12(14,20(17,18)19)9(15)5-11-2-6-1-7(3-11)10(16)8(6)4-11/h6-8H,1-5H2,(H,17,18,19). The van der Waals surface area contributed by atoms with Crippen molar-refractivity contribution < 1.29 is 31.3 Å². The van der Waals surface area contributed by atoms with Gasteiger partial charge in [-0.1, -0.05) is 0 Å². The molecule has 4 aliphatic carbocycles. The van der Waals surface area contributed by atoms with Gasteiger partial charge >= 0.3 is 15.4 Å². The average Bonchev–Trinajstić information content (AvgIpc) is 2.67. The zero-order chi connectivity index (χ0) is 14.9. The maximum absolute atomic E-state index is 13.3. The molecule has 0 aliphatic heterocycles. The predicted molar refractivity (Wildman–Crippen MR) is 62.5 cm³/mol. The first-order chi connectivity index (χ1) is 9.06. The fourth-order valence-corrected chi connectivity index (χ4v) is 4.82. The van der Waals surface area contributed by atoms with Crippen molar-refractivity contribution in [2.75, 3.05) is 0 Å². The van der Waals surface area contributed by atoms with E-state index in [1.54, 1.807) is 0 Å². The van der Waals surface area contributed by atoms with Crippen LogP contribution >= 0.6 is 0 Å². The Kier molecular flexibility index (Phi) is 2.71. The molecule has 0 aromatic heterocycles. The summed E-state index contributed by atoms with van der Waals surface area (Å²) < 4.78 is 56.3. The summed E-state index contributed by atoms with van der Waals surface area (Å²) in [7, 11) is -5.74. The first kappa shape index (κ1) is 14.1. The van der Waals surface area contributed by atoms with Gasteiger partial charge in [-0.3, -0.25) is 14.1 Å². The second kappa shape index (κ2) is 3.85. The fraction of sp³-hybridized carbons (Fsp3) is 0.833. The SMILES string of the molecule is O=C1C2CC3CC(CC(=O)C(F)(F)S(=O)(=O)O)(C2)CC13. The molecule has 20 heavy (non-hydrogen) atoms. The van der Waals surface area contributed by atoms with Gasteiger partial charge in [-0.2, -0.15) is 17.2 Å². The Balaban J connectivity index is 1.81. The molecule has 0 heterocycles. The quantitative estimate of drug-likeness (QED) is 0.794. The molecule has 0 aromatic carbocycles. The van der Waals surface area contributed by atoms with Crippen LogP contribution in [0.3, 0.4) is 0 Å². The predicted octanol–water partition coefficient (Wildman–Crippen LogP) is 1.43. The van der Waals surface area contributed by atoms with Crippen molar-refractivity contribution >= 4 is 21.7 Å². The van der Waals surface area contributed by atoms with Crippen molar-refractivity contribution in [3.8, 4) is 0 Å². The Morgan fingerprint density at radius 2 is 2.00 bits per heavy atom. The number of halogens is 2. The van der Waals surface area contributed by atoms with Gasteiger partial charge in [0.05, 0.1) is 0 Å². The number of rotatable bonds is 4. The molecular formula is C12H14F2O5S. The molecule has 0 spiro atoms. The molecule has 112 valence electrons. The van der Waals surface area contributed by atoms with E-state index in [0.717, 1.165) is 6.42 Å². The Hall–Kier alpha value is -0.890. The molecule has 0 radical (unpaired) electrons. The molecule has 5 nitrogen and oxygen atoms in total. The van der Waals surface area contributed by atoms with Crippen LogP contribution in [0, 0.1) is 23.2 Å². The van der Waals surface area contributed by atoms with Crippen LogP contribution in [0.5, 0.6) is 0 Å². The Morgan fingerprint density at radius 1 is 1.35 bits per heavy atom. The molecule has 4 bridgehead atoms. The summed E-state index contributed by atoms with van der Waals surface area (Å²) in [4.78, 5) is 23.4. The minimum atomic E-state index is -5.74. The third-order valence-corrected chi connectivity index (χ3v) is 6.01. The summed E-state index contributed by atoms with van der Waals surface area (Å²) in [5.74, 6) is -1.78. The number of carbonyl (C=O) groups excluding carboxylic acids is 2. The van der Waals surface area contributed by atoms with Crippen molar-refractivity contribution in [2.45, 2.75) is 37.4 Å². The fourth-order valence-electron chi connectivity index (χ4n) is 4.46. The summed E-state index contributed by atoms with van der Waals surface area (Å²) in [5.41, 5.74) is -0.683. The topological polar surface area (TPSA) is 88.5 Å². The van der Waals surface area contributed by atoms with Crippen molar-refractivity contribution in [3.05, 3.63) is 0 Å². The molecule has 4 aliphatic rings. The van der Waals surface area contributed by atoms with Crippen LogP contribution in [0.2, 0.25) is 0 Å². The van der Waals surface area contributed by atoms with E-state index in [1.807, 2.05) is 0 Å². The molecule has 0 saturated heterocycles. The van der Waals surface area contributed by atoms with Crippen LogP contribution in [0.25, 0.3) is 0 Å². The maximum atomic E-state index is 13.3. The van der Waals surface area contributed by atoms with Gasteiger partial charge in [0.2, 0.25) is 5.78 Å². The molecule has 0 aromatic rings. The molecule has 0 amide bonds. The monoisotopic (exact) mass is 308 g/mol. The molecule has 4 unspecified atom stereocenters. The van der Waals surface area contributed by atoms with Crippen LogP contribution in [0.4, 0.5) is 8.78 Å². The zero-order valence-corrected chi connectivity index (χ0v) is 11.3. The lowest BCUT2D eigenvalue weighted by Gasteiger charge is -2.37. The number of alkyl halides is 2. The molecule has 1 N–H and O–H groups in total. The normalized spacial score (nSPS) is 39.5. The van der Waals surface area contributed by atoms with Gasteiger partial charge in [0.15, 0.2) is 0 Å². The van der Waals surface area contributed by atoms with E-state index in [0.29, 0.717) is 19.3 Å². The highest BCUT2D eigenvalue weighted by Gasteiger charge is 2.63. The van der Waals surface area contributed by atoms with Crippen molar-refractivity contribution in [2.24, 2.45) is 23.2 Å².